The Kier molecular flexibility index (Phi) is 6.69. The molecule has 8 heteroatoms. The molecule has 0 fully saturated rings. The van der Waals surface area contributed by atoms with Gasteiger partial charge in [-0.3, -0.25) is 4.79 Å². The van der Waals surface area contributed by atoms with E-state index in [0.717, 1.165) is 11.6 Å². The van der Waals surface area contributed by atoms with Gasteiger partial charge in [-0.2, -0.15) is 13.2 Å². The summed E-state index contributed by atoms with van der Waals surface area (Å²) in [5, 5.41) is 2.51. The summed E-state index contributed by atoms with van der Waals surface area (Å²) in [6.07, 6.45) is -2.77. The van der Waals surface area contributed by atoms with E-state index in [1.165, 1.54) is 31.3 Å². The zero-order chi connectivity index (χ0) is 21.8. The van der Waals surface area contributed by atoms with E-state index in [-0.39, 0.29) is 24.1 Å². The predicted molar refractivity (Wildman–Crippen MR) is 106 cm³/mol. The average molecular weight is 407 g/mol. The number of hydrogen-bond acceptors (Lipinski definition) is 4. The lowest BCUT2D eigenvalue weighted by Crippen LogP contribution is -2.42. The molecule has 156 valence electrons. The van der Waals surface area contributed by atoms with Crippen LogP contribution in [-0.4, -0.2) is 23.0 Å². The van der Waals surface area contributed by atoms with Crippen LogP contribution in [0.2, 0.25) is 0 Å². The zero-order valence-corrected chi connectivity index (χ0v) is 16.6. The van der Waals surface area contributed by atoms with Gasteiger partial charge in [0.1, 0.15) is 18.2 Å². The second kappa shape index (κ2) is 8.65. The molecule has 2 aromatic rings. The Morgan fingerprint density at radius 2 is 1.86 bits per heavy atom. The van der Waals surface area contributed by atoms with E-state index in [1.54, 1.807) is 19.9 Å². The van der Waals surface area contributed by atoms with E-state index in [9.17, 15) is 18.0 Å². The van der Waals surface area contributed by atoms with E-state index in [4.69, 9.17) is 10.5 Å². The molecule has 1 aromatic carbocycles. The van der Waals surface area contributed by atoms with Gasteiger partial charge in [0.15, 0.2) is 0 Å². The Labute approximate surface area is 167 Å². The monoisotopic (exact) mass is 407 g/mol. The van der Waals surface area contributed by atoms with Crippen LogP contribution in [0.3, 0.4) is 0 Å². The minimum Gasteiger partial charge on any atom is -0.491 e. The summed E-state index contributed by atoms with van der Waals surface area (Å²) < 4.78 is 46.3. The number of alkyl halides is 3. The van der Waals surface area contributed by atoms with Crippen molar-refractivity contribution in [1.29, 1.82) is 0 Å². The largest absolute Gasteiger partial charge is 0.491 e. The summed E-state index contributed by atoms with van der Waals surface area (Å²) >= 11 is 0. The van der Waals surface area contributed by atoms with Gasteiger partial charge in [0, 0.05) is 13.1 Å². The van der Waals surface area contributed by atoms with Crippen molar-refractivity contribution in [3.8, 4) is 16.9 Å². The molecule has 1 aromatic heterocycles. The van der Waals surface area contributed by atoms with Crippen LogP contribution in [-0.2, 0) is 11.0 Å². The van der Waals surface area contributed by atoms with Crippen LogP contribution >= 0.6 is 0 Å². The summed E-state index contributed by atoms with van der Waals surface area (Å²) in [5.74, 6) is -0.368. The maximum Gasteiger partial charge on any atom is 0.419 e. The fourth-order valence-corrected chi connectivity index (χ4v) is 2.90. The molecule has 2 rings (SSSR count). The number of nitrogens with zero attached hydrogens (tertiary/aromatic N) is 1. The van der Waals surface area contributed by atoms with Crippen LogP contribution < -0.4 is 15.8 Å². The number of hydrogen-bond donors (Lipinski definition) is 2. The molecule has 0 aliphatic heterocycles. The van der Waals surface area contributed by atoms with Crippen LogP contribution in [0.1, 0.15) is 32.8 Å². The van der Waals surface area contributed by atoms with Gasteiger partial charge < -0.3 is 15.8 Å². The molecule has 0 saturated heterocycles. The Balaban J connectivity index is 2.35. The number of carbonyl (C=O) groups excluding carboxylic acids is 1. The highest BCUT2D eigenvalue weighted by Crippen LogP contribution is 2.39. The third kappa shape index (κ3) is 6.60. The first kappa shape index (κ1) is 22.4. The highest BCUT2D eigenvalue weighted by atomic mass is 19.4. The number of nitrogens with one attached hydrogen (secondary N) is 1. The first-order valence-electron chi connectivity index (χ1n) is 8.89. The fraction of sp³-hybridized carbons (Fsp3) is 0.333. The van der Waals surface area contributed by atoms with Crippen molar-refractivity contribution in [2.24, 2.45) is 5.73 Å². The third-order valence-electron chi connectivity index (χ3n) is 3.95. The fourth-order valence-electron chi connectivity index (χ4n) is 2.90. The maximum atomic E-state index is 13.6. The Bertz CT molecular complexity index is 908. The Hall–Kier alpha value is -2.87. The molecule has 1 amide bonds. The number of nitrogens with two attached hydrogens (primary N) is 1. The van der Waals surface area contributed by atoms with Gasteiger partial charge in [-0.15, -0.1) is 6.58 Å². The highest BCUT2D eigenvalue weighted by molar-refractivity contribution is 5.88. The lowest BCUT2D eigenvalue weighted by atomic mass is 9.96. The summed E-state index contributed by atoms with van der Waals surface area (Å²) in [7, 11) is 0. The standard InChI is InChI=1S/C21H24F3N3O2/c1-13(2)11-20(4,25)12-29-18-6-5-15(9-17(18)21(22,23)24)16-7-8-26-19(10-16)27-14(3)28/h5-10H,1,11-12,25H2,2-4H3,(H,26,27,28). The SMILES string of the molecule is C=C(C)CC(C)(N)COc1ccc(-c2ccnc(NC(C)=O)c2)cc1C(F)(F)F. The van der Waals surface area contributed by atoms with Gasteiger partial charge in [0.2, 0.25) is 5.91 Å². The van der Waals surface area contributed by atoms with Crippen molar-refractivity contribution in [2.75, 3.05) is 11.9 Å². The molecule has 0 bridgehead atoms. The van der Waals surface area contributed by atoms with Gasteiger partial charge in [-0.1, -0.05) is 11.6 Å². The smallest absolute Gasteiger partial charge is 0.419 e. The number of amides is 1. The average Bonchev–Trinajstić information content (AvgIpc) is 2.57. The van der Waals surface area contributed by atoms with Gasteiger partial charge in [-0.05, 0) is 55.7 Å². The van der Waals surface area contributed by atoms with Crippen LogP contribution in [0.5, 0.6) is 5.75 Å². The quantitative estimate of drug-likeness (QED) is 0.647. The van der Waals surface area contributed by atoms with Crippen molar-refractivity contribution in [3.63, 3.8) is 0 Å². The molecule has 29 heavy (non-hydrogen) atoms. The molecule has 1 heterocycles. The van der Waals surface area contributed by atoms with E-state index < -0.39 is 17.3 Å². The first-order chi connectivity index (χ1) is 13.4. The van der Waals surface area contributed by atoms with E-state index in [1.807, 2.05) is 0 Å². The lowest BCUT2D eigenvalue weighted by molar-refractivity contribution is -0.139. The highest BCUT2D eigenvalue weighted by Gasteiger charge is 2.35. The topological polar surface area (TPSA) is 77.2 Å². The molecule has 5 nitrogen and oxygen atoms in total. The lowest BCUT2D eigenvalue weighted by Gasteiger charge is -2.26. The second-order valence-electron chi connectivity index (χ2n) is 7.40. The number of pyridine rings is 1. The minimum atomic E-state index is -4.61. The number of halogens is 3. The third-order valence-corrected chi connectivity index (χ3v) is 3.95. The zero-order valence-electron chi connectivity index (χ0n) is 16.6. The second-order valence-corrected chi connectivity index (χ2v) is 7.40. The van der Waals surface area contributed by atoms with Gasteiger partial charge in [0.05, 0.1) is 11.1 Å². The van der Waals surface area contributed by atoms with Crippen LogP contribution in [0.15, 0.2) is 48.7 Å². The van der Waals surface area contributed by atoms with E-state index in [0.29, 0.717) is 17.5 Å². The number of benzene rings is 1. The number of ether oxygens (including phenoxy) is 1. The van der Waals surface area contributed by atoms with Crippen LogP contribution in [0, 0.1) is 0 Å². The molecule has 1 atom stereocenters. The van der Waals surface area contributed by atoms with Crippen molar-refractivity contribution in [2.45, 2.75) is 38.9 Å². The van der Waals surface area contributed by atoms with Gasteiger partial charge >= 0.3 is 6.18 Å². The molecular formula is C21H24F3N3O2. The van der Waals surface area contributed by atoms with Crippen molar-refractivity contribution in [1.82, 2.24) is 4.98 Å². The molecule has 1 unspecified atom stereocenters. The van der Waals surface area contributed by atoms with Gasteiger partial charge in [0.25, 0.3) is 0 Å². The number of anilines is 1. The molecule has 0 radical (unpaired) electrons. The maximum absolute atomic E-state index is 13.6. The summed E-state index contributed by atoms with van der Waals surface area (Å²) in [5.41, 5.74) is 5.96. The number of rotatable bonds is 7. The summed E-state index contributed by atoms with van der Waals surface area (Å²) in [6.45, 7) is 8.50. The first-order valence-corrected chi connectivity index (χ1v) is 8.89. The molecule has 0 aliphatic rings. The Morgan fingerprint density at radius 1 is 1.21 bits per heavy atom. The Morgan fingerprint density at radius 3 is 2.45 bits per heavy atom. The molecule has 0 aliphatic carbocycles. The summed E-state index contributed by atoms with van der Waals surface area (Å²) in [4.78, 5) is 15.2. The van der Waals surface area contributed by atoms with Crippen molar-refractivity contribution >= 4 is 11.7 Å². The minimum absolute atomic E-state index is 0.0930. The normalized spacial score (nSPS) is 13.5. The van der Waals surface area contributed by atoms with Crippen molar-refractivity contribution < 1.29 is 22.7 Å². The molecule has 0 spiro atoms. The number of aromatic nitrogens is 1. The summed E-state index contributed by atoms with van der Waals surface area (Å²) in [6, 6.07) is 6.86. The van der Waals surface area contributed by atoms with Crippen LogP contribution in [0.4, 0.5) is 19.0 Å². The number of carbonyl (C=O) groups is 1. The molecular weight excluding hydrogens is 383 g/mol. The van der Waals surface area contributed by atoms with E-state index in [2.05, 4.69) is 16.9 Å². The van der Waals surface area contributed by atoms with Crippen LogP contribution in [0.25, 0.3) is 11.1 Å². The van der Waals surface area contributed by atoms with E-state index >= 15 is 0 Å². The molecule has 3 N–H and O–H groups in total. The van der Waals surface area contributed by atoms with Gasteiger partial charge in [-0.25, -0.2) is 4.98 Å². The predicted octanol–water partition coefficient (Wildman–Crippen LogP) is 4.79. The molecule has 0 saturated carbocycles. The van der Waals surface area contributed by atoms with Crippen molar-refractivity contribution in [3.05, 3.63) is 54.2 Å².